The second kappa shape index (κ2) is 2.62. The quantitative estimate of drug-likeness (QED) is 0.554. The number of fused-ring (bicyclic) bond motifs is 1. The molecule has 1 aliphatic heterocycles. The molecule has 0 atom stereocenters. The molecule has 68 valence electrons. The third-order valence-corrected chi connectivity index (χ3v) is 1.98. The van der Waals surface area contributed by atoms with E-state index in [-0.39, 0.29) is 11.7 Å². The van der Waals surface area contributed by atoms with Gasteiger partial charge in [-0.2, -0.15) is 0 Å². The van der Waals surface area contributed by atoms with Gasteiger partial charge in [-0.25, -0.2) is 0 Å². The second-order valence-corrected chi connectivity index (χ2v) is 2.86. The summed E-state index contributed by atoms with van der Waals surface area (Å²) in [4.78, 5) is 22.2. The summed E-state index contributed by atoms with van der Waals surface area (Å²) in [6.07, 6.45) is 1.29. The summed E-state index contributed by atoms with van der Waals surface area (Å²) in [7, 11) is 0. The number of aromatic nitrogens is 1. The van der Waals surface area contributed by atoms with E-state index in [1.807, 2.05) is 0 Å². The number of amides is 1. The molecule has 0 bridgehead atoms. The van der Waals surface area contributed by atoms with E-state index in [0.29, 0.717) is 18.8 Å². The smallest absolute Gasteiger partial charge is 0.268 e. The maximum Gasteiger partial charge on any atom is 0.268 e. The fourth-order valence-corrected chi connectivity index (χ4v) is 1.32. The number of aromatic hydroxyl groups is 1. The van der Waals surface area contributed by atoms with E-state index in [0.717, 1.165) is 6.07 Å². The Morgan fingerprint density at radius 1 is 1.46 bits per heavy atom. The highest BCUT2D eigenvalue weighted by atomic mass is 16.3. The Labute approximate surface area is 73.6 Å². The van der Waals surface area contributed by atoms with Crippen LogP contribution in [0.1, 0.15) is 10.5 Å². The SMILES string of the molecule is O=C1NCCn2cc(O)c(=O)cc21. The Balaban J connectivity index is 2.65. The molecule has 1 aromatic heterocycles. The molecule has 2 N–H and O–H groups in total. The summed E-state index contributed by atoms with van der Waals surface area (Å²) in [6, 6.07) is 1.14. The van der Waals surface area contributed by atoms with E-state index >= 15 is 0 Å². The van der Waals surface area contributed by atoms with Gasteiger partial charge in [0.2, 0.25) is 5.43 Å². The lowest BCUT2D eigenvalue weighted by Gasteiger charge is -2.18. The van der Waals surface area contributed by atoms with Crippen LogP contribution in [0.4, 0.5) is 0 Å². The molecule has 2 rings (SSSR count). The molecule has 0 fully saturated rings. The van der Waals surface area contributed by atoms with E-state index in [2.05, 4.69) is 5.32 Å². The largest absolute Gasteiger partial charge is 0.503 e. The normalized spacial score (nSPS) is 14.9. The van der Waals surface area contributed by atoms with Crippen LogP contribution in [0, 0.1) is 0 Å². The summed E-state index contributed by atoms with van der Waals surface area (Å²) in [5.74, 6) is -0.596. The molecule has 5 nitrogen and oxygen atoms in total. The van der Waals surface area contributed by atoms with Crippen LogP contribution in [0.5, 0.6) is 5.75 Å². The monoisotopic (exact) mass is 180 g/mol. The third kappa shape index (κ3) is 1.18. The van der Waals surface area contributed by atoms with Crippen molar-refractivity contribution in [1.82, 2.24) is 9.88 Å². The van der Waals surface area contributed by atoms with Crippen molar-refractivity contribution in [3.63, 3.8) is 0 Å². The number of hydrogen-bond donors (Lipinski definition) is 2. The Morgan fingerprint density at radius 3 is 3.00 bits per heavy atom. The summed E-state index contributed by atoms with van der Waals surface area (Å²) >= 11 is 0. The van der Waals surface area contributed by atoms with Crippen molar-refractivity contribution in [2.45, 2.75) is 6.54 Å². The highest BCUT2D eigenvalue weighted by Crippen LogP contribution is 2.07. The molecule has 2 heterocycles. The van der Waals surface area contributed by atoms with E-state index in [1.54, 1.807) is 4.57 Å². The van der Waals surface area contributed by atoms with Crippen LogP contribution in [0.3, 0.4) is 0 Å². The fraction of sp³-hybridized carbons (Fsp3) is 0.250. The minimum Gasteiger partial charge on any atom is -0.503 e. The molecular weight excluding hydrogens is 172 g/mol. The maximum atomic E-state index is 11.2. The third-order valence-electron chi connectivity index (χ3n) is 1.98. The Kier molecular flexibility index (Phi) is 1.58. The molecule has 0 radical (unpaired) electrons. The van der Waals surface area contributed by atoms with E-state index in [4.69, 9.17) is 5.11 Å². The van der Waals surface area contributed by atoms with E-state index < -0.39 is 5.43 Å². The van der Waals surface area contributed by atoms with Gasteiger partial charge in [-0.3, -0.25) is 9.59 Å². The molecule has 1 aromatic rings. The topological polar surface area (TPSA) is 71.3 Å². The first-order chi connectivity index (χ1) is 6.18. The van der Waals surface area contributed by atoms with Crippen molar-refractivity contribution in [2.24, 2.45) is 0 Å². The fourth-order valence-electron chi connectivity index (χ4n) is 1.32. The lowest BCUT2D eigenvalue weighted by atomic mass is 10.2. The van der Waals surface area contributed by atoms with Gasteiger partial charge in [0.1, 0.15) is 5.69 Å². The summed E-state index contributed by atoms with van der Waals surface area (Å²) in [5, 5.41) is 11.7. The molecule has 5 heteroatoms. The van der Waals surface area contributed by atoms with Crippen LogP contribution in [-0.2, 0) is 6.54 Å². The number of carbonyl (C=O) groups excluding carboxylic acids is 1. The zero-order valence-corrected chi connectivity index (χ0v) is 6.78. The van der Waals surface area contributed by atoms with Gasteiger partial charge in [-0.1, -0.05) is 0 Å². The first-order valence-electron chi connectivity index (χ1n) is 3.90. The number of nitrogens with one attached hydrogen (secondary N) is 1. The maximum absolute atomic E-state index is 11.2. The lowest BCUT2D eigenvalue weighted by Crippen LogP contribution is -2.36. The summed E-state index contributed by atoms with van der Waals surface area (Å²) < 4.78 is 1.57. The molecular formula is C8H8N2O3. The number of hydrogen-bond acceptors (Lipinski definition) is 3. The number of rotatable bonds is 0. The summed E-state index contributed by atoms with van der Waals surface area (Å²) in [5.41, 5.74) is -0.225. The zero-order valence-electron chi connectivity index (χ0n) is 6.78. The van der Waals surface area contributed by atoms with Crippen LogP contribution in [-0.4, -0.2) is 22.1 Å². The summed E-state index contributed by atoms with van der Waals surface area (Å²) in [6.45, 7) is 1.10. The van der Waals surface area contributed by atoms with Gasteiger partial charge in [-0.15, -0.1) is 0 Å². The zero-order chi connectivity index (χ0) is 9.42. The minimum atomic E-state index is -0.525. The first-order valence-corrected chi connectivity index (χ1v) is 3.90. The van der Waals surface area contributed by atoms with Crippen LogP contribution < -0.4 is 10.7 Å². The molecule has 0 aliphatic carbocycles. The van der Waals surface area contributed by atoms with Crippen molar-refractivity contribution in [3.05, 3.63) is 28.2 Å². The first kappa shape index (κ1) is 7.85. The highest BCUT2D eigenvalue weighted by molar-refractivity contribution is 5.93. The number of pyridine rings is 1. The molecule has 0 saturated carbocycles. The van der Waals surface area contributed by atoms with Crippen LogP contribution in [0.2, 0.25) is 0 Å². The molecule has 0 saturated heterocycles. The Bertz CT molecular complexity index is 422. The lowest BCUT2D eigenvalue weighted by molar-refractivity contribution is 0.0926. The van der Waals surface area contributed by atoms with Gasteiger partial charge in [-0.05, 0) is 0 Å². The molecule has 0 aromatic carbocycles. The van der Waals surface area contributed by atoms with Crippen LogP contribution >= 0.6 is 0 Å². The van der Waals surface area contributed by atoms with Crippen molar-refractivity contribution < 1.29 is 9.90 Å². The van der Waals surface area contributed by atoms with Gasteiger partial charge in [0.25, 0.3) is 5.91 Å². The molecule has 0 spiro atoms. The van der Waals surface area contributed by atoms with Gasteiger partial charge in [0.05, 0.1) is 6.20 Å². The minimum absolute atomic E-state index is 0.275. The van der Waals surface area contributed by atoms with Crippen LogP contribution in [0.25, 0.3) is 0 Å². The average Bonchev–Trinajstić information content (AvgIpc) is 2.09. The van der Waals surface area contributed by atoms with E-state index in [9.17, 15) is 9.59 Å². The Hall–Kier alpha value is -1.78. The van der Waals surface area contributed by atoms with Crippen LogP contribution in [0.15, 0.2) is 17.1 Å². The van der Waals surface area contributed by atoms with Crippen molar-refractivity contribution in [3.8, 4) is 5.75 Å². The second-order valence-electron chi connectivity index (χ2n) is 2.86. The van der Waals surface area contributed by atoms with Crippen molar-refractivity contribution >= 4 is 5.91 Å². The van der Waals surface area contributed by atoms with Crippen molar-refractivity contribution in [2.75, 3.05) is 6.54 Å². The molecule has 1 amide bonds. The van der Waals surface area contributed by atoms with Gasteiger partial charge < -0.3 is 15.0 Å². The predicted molar refractivity (Wildman–Crippen MR) is 44.7 cm³/mol. The highest BCUT2D eigenvalue weighted by Gasteiger charge is 2.16. The van der Waals surface area contributed by atoms with Gasteiger partial charge in [0.15, 0.2) is 5.75 Å². The molecule has 1 aliphatic rings. The standard InChI is InChI=1S/C8H8N2O3/c11-6-3-5-8(13)9-1-2-10(5)4-7(6)12/h3-4,12H,1-2H2,(H,9,13). The van der Waals surface area contributed by atoms with Crippen molar-refractivity contribution in [1.29, 1.82) is 0 Å². The average molecular weight is 180 g/mol. The predicted octanol–water partition coefficient (Wildman–Crippen LogP) is -0.703. The van der Waals surface area contributed by atoms with E-state index in [1.165, 1.54) is 6.20 Å². The number of nitrogens with zero attached hydrogens (tertiary/aromatic N) is 1. The number of carbonyl (C=O) groups is 1. The molecule has 13 heavy (non-hydrogen) atoms. The molecule has 0 unspecified atom stereocenters. The Morgan fingerprint density at radius 2 is 2.23 bits per heavy atom. The van der Waals surface area contributed by atoms with Gasteiger partial charge >= 0.3 is 0 Å². The van der Waals surface area contributed by atoms with Gasteiger partial charge in [0, 0.05) is 19.2 Å².